The Morgan fingerprint density at radius 2 is 1.84 bits per heavy atom. The van der Waals surface area contributed by atoms with Gasteiger partial charge >= 0.3 is 0 Å². The van der Waals surface area contributed by atoms with Crippen molar-refractivity contribution in [2.75, 3.05) is 0 Å². The van der Waals surface area contributed by atoms with Crippen LogP contribution in [0, 0.1) is 0 Å². The van der Waals surface area contributed by atoms with E-state index >= 15 is 0 Å². The molecule has 0 bridgehead atoms. The number of hydrogen-bond donors (Lipinski definition) is 1. The molecule has 152 valence electrons. The molecule has 8 nitrogen and oxygen atoms in total. The van der Waals surface area contributed by atoms with Crippen LogP contribution in [0.5, 0.6) is 0 Å². The number of rotatable bonds is 5. The molecule has 31 heavy (non-hydrogen) atoms. The predicted octanol–water partition coefficient (Wildman–Crippen LogP) is 2.77. The molecule has 1 N–H and O–H groups in total. The van der Waals surface area contributed by atoms with Gasteiger partial charge in [-0.05, 0) is 35.9 Å². The van der Waals surface area contributed by atoms with E-state index in [0.29, 0.717) is 28.7 Å². The van der Waals surface area contributed by atoms with Gasteiger partial charge in [0.25, 0.3) is 11.5 Å². The predicted molar refractivity (Wildman–Crippen MR) is 118 cm³/mol. The number of carbonyl (C=O) groups excluding carboxylic acids is 1. The van der Waals surface area contributed by atoms with Gasteiger partial charge in [0, 0.05) is 23.3 Å². The first-order chi connectivity index (χ1) is 15.2. The highest BCUT2D eigenvalue weighted by Crippen LogP contribution is 2.16. The average Bonchev–Trinajstić information content (AvgIpc) is 3.28. The van der Waals surface area contributed by atoms with Gasteiger partial charge in [-0.15, -0.1) is 0 Å². The molecule has 0 saturated heterocycles. The molecular formula is C22H16N6O2S. The monoisotopic (exact) mass is 428 g/mol. The zero-order chi connectivity index (χ0) is 21.2. The third-order valence-corrected chi connectivity index (χ3v) is 5.49. The van der Waals surface area contributed by atoms with Gasteiger partial charge < -0.3 is 5.32 Å². The van der Waals surface area contributed by atoms with Gasteiger partial charge in [0.1, 0.15) is 11.0 Å². The molecule has 0 fully saturated rings. The highest BCUT2D eigenvalue weighted by Gasteiger charge is 2.13. The van der Waals surface area contributed by atoms with Crippen LogP contribution in [0.15, 0.2) is 71.8 Å². The van der Waals surface area contributed by atoms with Crippen LogP contribution in [0.2, 0.25) is 0 Å². The molecule has 0 aliphatic heterocycles. The first kappa shape index (κ1) is 19.0. The lowest BCUT2D eigenvalue weighted by molar-refractivity contribution is 0.0950. The summed E-state index contributed by atoms with van der Waals surface area (Å²) in [6.45, 7) is 0.478. The van der Waals surface area contributed by atoms with Gasteiger partial charge in [-0.25, -0.2) is 4.68 Å². The van der Waals surface area contributed by atoms with Crippen molar-refractivity contribution in [3.05, 3.63) is 94.2 Å². The van der Waals surface area contributed by atoms with Crippen LogP contribution in [0.1, 0.15) is 21.6 Å². The van der Waals surface area contributed by atoms with Crippen molar-refractivity contribution in [3.63, 3.8) is 0 Å². The summed E-state index contributed by atoms with van der Waals surface area (Å²) >= 11 is 1.11. The van der Waals surface area contributed by atoms with E-state index in [1.807, 2.05) is 30.3 Å². The standard InChI is InChI=1S/C22H16N6O2S/c29-21(15-7-8-18-19(10-15)27-31-26-18)24-12-20-16-5-1-2-6-17(16)22(30)28(25-20)13-14-4-3-9-23-11-14/h1-11H,12-13H2,(H,24,29). The van der Waals surface area contributed by atoms with Crippen molar-refractivity contribution in [2.24, 2.45) is 0 Å². The maximum atomic E-state index is 12.9. The van der Waals surface area contributed by atoms with E-state index in [1.54, 1.807) is 36.7 Å². The first-order valence-electron chi connectivity index (χ1n) is 9.57. The average molecular weight is 428 g/mol. The van der Waals surface area contributed by atoms with Crippen LogP contribution in [-0.4, -0.2) is 29.4 Å². The Hall–Kier alpha value is -3.98. The molecule has 0 aliphatic carbocycles. The second-order valence-electron chi connectivity index (χ2n) is 6.97. The number of benzene rings is 2. The van der Waals surface area contributed by atoms with Crippen molar-refractivity contribution in [1.82, 2.24) is 28.8 Å². The van der Waals surface area contributed by atoms with E-state index in [4.69, 9.17) is 0 Å². The normalized spacial score (nSPS) is 11.1. The van der Waals surface area contributed by atoms with Gasteiger partial charge in [0.05, 0.1) is 35.9 Å². The van der Waals surface area contributed by atoms with Crippen molar-refractivity contribution in [2.45, 2.75) is 13.1 Å². The third-order valence-electron chi connectivity index (χ3n) is 4.93. The van der Waals surface area contributed by atoms with Crippen molar-refractivity contribution >= 4 is 39.4 Å². The summed E-state index contributed by atoms with van der Waals surface area (Å²) in [5.41, 5.74) is 3.24. The molecule has 0 atom stereocenters. The van der Waals surface area contributed by atoms with Gasteiger partial charge in [-0.1, -0.05) is 24.3 Å². The van der Waals surface area contributed by atoms with E-state index in [9.17, 15) is 9.59 Å². The second-order valence-corrected chi connectivity index (χ2v) is 7.50. The van der Waals surface area contributed by atoms with Crippen LogP contribution in [0.4, 0.5) is 0 Å². The minimum atomic E-state index is -0.245. The lowest BCUT2D eigenvalue weighted by Gasteiger charge is -2.12. The van der Waals surface area contributed by atoms with E-state index in [0.717, 1.165) is 28.2 Å². The molecule has 0 spiro atoms. The molecule has 1 amide bonds. The summed E-state index contributed by atoms with van der Waals surface area (Å²) in [6.07, 6.45) is 3.38. The molecule has 2 aromatic carbocycles. The van der Waals surface area contributed by atoms with E-state index < -0.39 is 0 Å². The second kappa shape index (κ2) is 8.04. The Labute approximate surface area is 180 Å². The summed E-state index contributed by atoms with van der Waals surface area (Å²) in [4.78, 5) is 29.7. The molecule has 3 aromatic heterocycles. The number of carbonyl (C=O) groups is 1. The Kier molecular flexibility index (Phi) is 4.93. The number of nitrogens with zero attached hydrogens (tertiary/aromatic N) is 5. The first-order valence-corrected chi connectivity index (χ1v) is 10.3. The number of nitrogens with one attached hydrogen (secondary N) is 1. The quantitative estimate of drug-likeness (QED) is 0.462. The van der Waals surface area contributed by atoms with Gasteiger partial charge in [-0.3, -0.25) is 14.6 Å². The molecule has 5 rings (SSSR count). The number of pyridine rings is 1. The van der Waals surface area contributed by atoms with Crippen LogP contribution in [0.3, 0.4) is 0 Å². The highest BCUT2D eigenvalue weighted by molar-refractivity contribution is 7.00. The van der Waals surface area contributed by atoms with Gasteiger partial charge in [0.15, 0.2) is 0 Å². The fourth-order valence-electron chi connectivity index (χ4n) is 3.40. The number of fused-ring (bicyclic) bond motifs is 2. The van der Waals surface area contributed by atoms with E-state index in [2.05, 4.69) is 24.1 Å². The van der Waals surface area contributed by atoms with Crippen LogP contribution >= 0.6 is 11.7 Å². The number of aromatic nitrogens is 5. The highest BCUT2D eigenvalue weighted by atomic mass is 32.1. The molecule has 5 aromatic rings. The van der Waals surface area contributed by atoms with Crippen LogP contribution in [0.25, 0.3) is 21.8 Å². The SMILES string of the molecule is O=C(NCc1nn(Cc2cccnc2)c(=O)c2ccccc12)c1ccc2nsnc2c1. The minimum Gasteiger partial charge on any atom is -0.346 e. The van der Waals surface area contributed by atoms with E-state index in [-0.39, 0.29) is 18.0 Å². The lowest BCUT2D eigenvalue weighted by atomic mass is 10.1. The fourth-order valence-corrected chi connectivity index (χ4v) is 3.91. The molecule has 9 heteroatoms. The fraction of sp³-hybridized carbons (Fsp3) is 0.0909. The summed E-state index contributed by atoms with van der Waals surface area (Å²) < 4.78 is 9.74. The summed E-state index contributed by atoms with van der Waals surface area (Å²) in [6, 6.07) is 16.2. The summed E-state index contributed by atoms with van der Waals surface area (Å²) in [5.74, 6) is -0.245. The zero-order valence-corrected chi connectivity index (χ0v) is 17.0. The largest absolute Gasteiger partial charge is 0.346 e. The van der Waals surface area contributed by atoms with Crippen molar-refractivity contribution in [1.29, 1.82) is 0 Å². The Morgan fingerprint density at radius 1 is 1.00 bits per heavy atom. The van der Waals surface area contributed by atoms with Crippen molar-refractivity contribution in [3.8, 4) is 0 Å². The molecule has 0 aliphatic rings. The summed E-state index contributed by atoms with van der Waals surface area (Å²) in [7, 11) is 0. The zero-order valence-electron chi connectivity index (χ0n) is 16.2. The van der Waals surface area contributed by atoms with Crippen LogP contribution in [-0.2, 0) is 13.1 Å². The Morgan fingerprint density at radius 3 is 2.68 bits per heavy atom. The molecule has 3 heterocycles. The molecule has 0 saturated carbocycles. The maximum absolute atomic E-state index is 12.9. The minimum absolute atomic E-state index is 0.181. The molecule has 0 unspecified atom stereocenters. The van der Waals surface area contributed by atoms with Crippen LogP contribution < -0.4 is 10.9 Å². The molecule has 0 radical (unpaired) electrons. The topological polar surface area (TPSA) is 103 Å². The third kappa shape index (κ3) is 3.78. The Bertz CT molecular complexity index is 1460. The molecular weight excluding hydrogens is 412 g/mol. The lowest BCUT2D eigenvalue weighted by Crippen LogP contribution is -2.29. The van der Waals surface area contributed by atoms with E-state index in [1.165, 1.54) is 4.68 Å². The number of hydrogen-bond acceptors (Lipinski definition) is 7. The Balaban J connectivity index is 1.46. The van der Waals surface area contributed by atoms with Gasteiger partial charge in [0.2, 0.25) is 0 Å². The number of amides is 1. The van der Waals surface area contributed by atoms with Crippen molar-refractivity contribution < 1.29 is 4.79 Å². The maximum Gasteiger partial charge on any atom is 0.274 e. The smallest absolute Gasteiger partial charge is 0.274 e. The summed E-state index contributed by atoms with van der Waals surface area (Å²) in [5, 5.41) is 8.72. The van der Waals surface area contributed by atoms with Gasteiger partial charge in [-0.2, -0.15) is 13.8 Å².